The summed E-state index contributed by atoms with van der Waals surface area (Å²) in [5.74, 6) is 0.716. The topological polar surface area (TPSA) is 47.3 Å². The number of aromatic nitrogens is 2. The first-order chi connectivity index (χ1) is 6.24. The van der Waals surface area contributed by atoms with Gasteiger partial charge in [0.25, 0.3) is 6.01 Å². The zero-order valence-corrected chi connectivity index (χ0v) is 7.48. The molecule has 13 heavy (non-hydrogen) atoms. The van der Waals surface area contributed by atoms with E-state index >= 15 is 0 Å². The van der Waals surface area contributed by atoms with Crippen LogP contribution in [0.25, 0.3) is 11.0 Å². The number of rotatable bonds is 1. The van der Waals surface area contributed by atoms with Gasteiger partial charge in [0.1, 0.15) is 11.3 Å². The zero-order chi connectivity index (χ0) is 9.42. The van der Waals surface area contributed by atoms with Crippen LogP contribution < -0.4 is 4.74 Å². The van der Waals surface area contributed by atoms with Crippen LogP contribution in [0.2, 0.25) is 0 Å². The average molecular weight is 178 g/mol. The van der Waals surface area contributed by atoms with Crippen molar-refractivity contribution in [3.8, 4) is 11.8 Å². The normalized spacial score (nSPS) is 10.6. The molecule has 0 saturated heterocycles. The Balaban J connectivity index is 2.87. The molecule has 0 fully saturated rings. The highest BCUT2D eigenvalue weighted by atomic mass is 16.5. The number of hydrogen-bond acceptors (Lipinski definition) is 3. The minimum absolute atomic E-state index is 0.000463. The molecule has 0 spiro atoms. The van der Waals surface area contributed by atoms with Crippen LogP contribution in [0, 0.1) is 0 Å². The SMILES string of the molecule is COc1cccc2nc(O)n(C)c12. The fourth-order valence-electron chi connectivity index (χ4n) is 1.39. The fourth-order valence-corrected chi connectivity index (χ4v) is 1.39. The van der Waals surface area contributed by atoms with Crippen LogP contribution >= 0.6 is 0 Å². The van der Waals surface area contributed by atoms with E-state index in [-0.39, 0.29) is 6.01 Å². The number of aryl methyl sites for hydroxylation is 1. The Labute approximate surface area is 75.4 Å². The van der Waals surface area contributed by atoms with Crippen LogP contribution in [0.15, 0.2) is 18.2 Å². The highest BCUT2D eigenvalue weighted by Gasteiger charge is 2.09. The maximum Gasteiger partial charge on any atom is 0.294 e. The predicted molar refractivity (Wildman–Crippen MR) is 48.9 cm³/mol. The molecule has 1 aromatic heterocycles. The fraction of sp³-hybridized carbons (Fsp3) is 0.222. The third-order valence-electron chi connectivity index (χ3n) is 2.05. The van der Waals surface area contributed by atoms with E-state index in [2.05, 4.69) is 4.98 Å². The number of fused-ring (bicyclic) bond motifs is 1. The Morgan fingerprint density at radius 1 is 1.46 bits per heavy atom. The van der Waals surface area contributed by atoms with Crippen LogP contribution in [0.4, 0.5) is 0 Å². The maximum absolute atomic E-state index is 9.36. The van der Waals surface area contributed by atoms with Crippen molar-refractivity contribution in [3.05, 3.63) is 18.2 Å². The molecule has 0 unspecified atom stereocenters. The van der Waals surface area contributed by atoms with Gasteiger partial charge in [-0.2, -0.15) is 4.98 Å². The molecule has 0 aliphatic heterocycles. The second-order valence-electron chi connectivity index (χ2n) is 2.80. The van der Waals surface area contributed by atoms with Gasteiger partial charge in [0, 0.05) is 7.05 Å². The smallest absolute Gasteiger partial charge is 0.294 e. The molecule has 0 amide bonds. The molecule has 0 aliphatic carbocycles. The van der Waals surface area contributed by atoms with E-state index in [1.54, 1.807) is 18.7 Å². The van der Waals surface area contributed by atoms with Gasteiger partial charge < -0.3 is 9.84 Å². The summed E-state index contributed by atoms with van der Waals surface area (Å²) in [7, 11) is 3.34. The average Bonchev–Trinajstić information content (AvgIpc) is 2.43. The lowest BCUT2D eigenvalue weighted by atomic mass is 10.3. The maximum atomic E-state index is 9.36. The lowest BCUT2D eigenvalue weighted by molar-refractivity contribution is 0.405. The van der Waals surface area contributed by atoms with Crippen molar-refractivity contribution in [1.82, 2.24) is 9.55 Å². The van der Waals surface area contributed by atoms with Gasteiger partial charge in [-0.15, -0.1) is 0 Å². The van der Waals surface area contributed by atoms with Crippen molar-refractivity contribution in [2.75, 3.05) is 7.11 Å². The van der Waals surface area contributed by atoms with E-state index in [0.717, 1.165) is 11.0 Å². The predicted octanol–water partition coefficient (Wildman–Crippen LogP) is 1.29. The number of hydrogen-bond donors (Lipinski definition) is 1. The van der Waals surface area contributed by atoms with Crippen molar-refractivity contribution < 1.29 is 9.84 Å². The van der Waals surface area contributed by atoms with Gasteiger partial charge in [0.15, 0.2) is 0 Å². The number of imidazole rings is 1. The molecular formula is C9H10N2O2. The van der Waals surface area contributed by atoms with Crippen LogP contribution in [-0.4, -0.2) is 21.8 Å². The van der Waals surface area contributed by atoms with Crippen molar-refractivity contribution >= 4 is 11.0 Å². The first-order valence-corrected chi connectivity index (χ1v) is 3.92. The van der Waals surface area contributed by atoms with Crippen LogP contribution in [0.3, 0.4) is 0 Å². The Morgan fingerprint density at radius 2 is 2.23 bits per heavy atom. The van der Waals surface area contributed by atoms with E-state index in [1.165, 1.54) is 0 Å². The van der Waals surface area contributed by atoms with Crippen molar-refractivity contribution in [2.45, 2.75) is 0 Å². The molecule has 2 aromatic rings. The van der Waals surface area contributed by atoms with E-state index in [4.69, 9.17) is 4.74 Å². The quantitative estimate of drug-likeness (QED) is 0.715. The van der Waals surface area contributed by atoms with E-state index in [1.807, 2.05) is 18.2 Å². The lowest BCUT2D eigenvalue weighted by Crippen LogP contribution is -1.90. The van der Waals surface area contributed by atoms with Crippen molar-refractivity contribution in [2.24, 2.45) is 7.05 Å². The minimum atomic E-state index is -0.000463. The third kappa shape index (κ3) is 1.02. The first-order valence-electron chi connectivity index (χ1n) is 3.92. The monoisotopic (exact) mass is 178 g/mol. The van der Waals surface area contributed by atoms with Crippen LogP contribution in [0.1, 0.15) is 0 Å². The van der Waals surface area contributed by atoms with Crippen molar-refractivity contribution in [3.63, 3.8) is 0 Å². The van der Waals surface area contributed by atoms with E-state index in [9.17, 15) is 5.11 Å². The van der Waals surface area contributed by atoms with Gasteiger partial charge in [-0.3, -0.25) is 4.57 Å². The summed E-state index contributed by atoms with van der Waals surface area (Å²) in [5.41, 5.74) is 1.54. The molecule has 2 rings (SSSR count). The highest BCUT2D eigenvalue weighted by Crippen LogP contribution is 2.27. The molecule has 0 radical (unpaired) electrons. The standard InChI is InChI=1S/C9H10N2O2/c1-11-8-6(10-9(11)12)4-3-5-7(8)13-2/h3-5H,1-2H3,(H,10,12). The Morgan fingerprint density at radius 3 is 2.92 bits per heavy atom. The number of methoxy groups -OCH3 is 1. The van der Waals surface area contributed by atoms with Gasteiger partial charge in [0.2, 0.25) is 0 Å². The molecule has 0 aliphatic rings. The summed E-state index contributed by atoms with van der Waals surface area (Å²) in [6, 6.07) is 5.51. The van der Waals surface area contributed by atoms with Gasteiger partial charge >= 0.3 is 0 Å². The number of ether oxygens (including phenoxy) is 1. The van der Waals surface area contributed by atoms with Crippen LogP contribution in [-0.2, 0) is 7.05 Å². The van der Waals surface area contributed by atoms with Gasteiger partial charge in [-0.25, -0.2) is 0 Å². The summed E-state index contributed by atoms with van der Waals surface area (Å²) in [5, 5.41) is 9.36. The van der Waals surface area contributed by atoms with Gasteiger partial charge in [-0.1, -0.05) is 6.07 Å². The molecule has 1 aromatic carbocycles. The van der Waals surface area contributed by atoms with Crippen LogP contribution in [0.5, 0.6) is 11.8 Å². The Hall–Kier alpha value is -1.71. The number of para-hydroxylation sites is 1. The van der Waals surface area contributed by atoms with E-state index < -0.39 is 0 Å². The zero-order valence-electron chi connectivity index (χ0n) is 7.48. The molecule has 4 heteroatoms. The van der Waals surface area contributed by atoms with Gasteiger partial charge in [-0.05, 0) is 12.1 Å². The molecule has 0 atom stereocenters. The minimum Gasteiger partial charge on any atom is -0.494 e. The Kier molecular flexibility index (Phi) is 1.62. The molecule has 0 saturated carbocycles. The molecule has 68 valence electrons. The van der Waals surface area contributed by atoms with Crippen molar-refractivity contribution in [1.29, 1.82) is 0 Å². The molecule has 0 bridgehead atoms. The van der Waals surface area contributed by atoms with E-state index in [0.29, 0.717) is 5.75 Å². The molecule has 4 nitrogen and oxygen atoms in total. The summed E-state index contributed by atoms with van der Waals surface area (Å²) in [6.07, 6.45) is 0. The second kappa shape index (κ2) is 2.65. The number of aromatic hydroxyl groups is 1. The number of benzene rings is 1. The molecule has 1 N–H and O–H groups in total. The van der Waals surface area contributed by atoms with Gasteiger partial charge in [0.05, 0.1) is 12.6 Å². The summed E-state index contributed by atoms with van der Waals surface area (Å²) in [4.78, 5) is 3.96. The summed E-state index contributed by atoms with van der Waals surface area (Å²) >= 11 is 0. The molecule has 1 heterocycles. The summed E-state index contributed by atoms with van der Waals surface area (Å²) < 4.78 is 6.74. The largest absolute Gasteiger partial charge is 0.494 e. The Bertz CT molecular complexity index is 448. The lowest BCUT2D eigenvalue weighted by Gasteiger charge is -2.02. The third-order valence-corrected chi connectivity index (χ3v) is 2.05. The molecular weight excluding hydrogens is 168 g/mol. The first kappa shape index (κ1) is 7.91. The highest BCUT2D eigenvalue weighted by molar-refractivity contribution is 5.83. The second-order valence-corrected chi connectivity index (χ2v) is 2.80. The summed E-state index contributed by atoms with van der Waals surface area (Å²) in [6.45, 7) is 0. The number of nitrogens with zero attached hydrogens (tertiary/aromatic N) is 2.